The lowest BCUT2D eigenvalue weighted by Crippen LogP contribution is -2.19. The number of nitrogens with one attached hydrogen (secondary N) is 1. The van der Waals surface area contributed by atoms with Crippen LogP contribution in [0.3, 0.4) is 0 Å². The molecular formula is C16H27N3O. The topological polar surface area (TPSA) is 47.0 Å². The molecule has 1 aromatic rings. The van der Waals surface area contributed by atoms with E-state index in [1.54, 1.807) is 0 Å². The molecule has 1 aromatic heterocycles. The third-order valence-corrected chi connectivity index (χ3v) is 3.59. The highest BCUT2D eigenvalue weighted by atomic mass is 16.5. The summed E-state index contributed by atoms with van der Waals surface area (Å²) >= 11 is 0. The average Bonchev–Trinajstić information content (AvgIpc) is 2.64. The summed E-state index contributed by atoms with van der Waals surface area (Å²) < 4.78 is 5.71. The minimum Gasteiger partial charge on any atom is -0.477 e. The minimum atomic E-state index is 0.503. The maximum atomic E-state index is 5.71. The van der Waals surface area contributed by atoms with Gasteiger partial charge in [0.25, 0.3) is 0 Å². The highest BCUT2D eigenvalue weighted by molar-refractivity contribution is 5.39. The number of ether oxygens (including phenoxy) is 1. The Bertz CT molecular complexity index is 412. The molecule has 0 atom stereocenters. The first-order valence-corrected chi connectivity index (χ1v) is 7.88. The number of aryl methyl sites for hydroxylation is 1. The molecule has 112 valence electrons. The van der Waals surface area contributed by atoms with Crippen LogP contribution >= 0.6 is 0 Å². The summed E-state index contributed by atoms with van der Waals surface area (Å²) in [5.41, 5.74) is 0. The number of rotatable bonds is 5. The Morgan fingerprint density at radius 1 is 1.20 bits per heavy atom. The van der Waals surface area contributed by atoms with Crippen molar-refractivity contribution < 1.29 is 4.74 Å². The number of nitrogens with zero attached hydrogens (tertiary/aromatic N) is 2. The number of hydrogen-bond donors (Lipinski definition) is 1. The summed E-state index contributed by atoms with van der Waals surface area (Å²) in [6.07, 6.45) is 7.85. The quantitative estimate of drug-likeness (QED) is 0.828. The summed E-state index contributed by atoms with van der Waals surface area (Å²) in [5.74, 6) is 2.86. The van der Waals surface area contributed by atoms with Crippen LogP contribution in [0.2, 0.25) is 0 Å². The lowest BCUT2D eigenvalue weighted by atomic mass is 10.1. The summed E-state index contributed by atoms with van der Waals surface area (Å²) in [4.78, 5) is 8.83. The summed E-state index contributed by atoms with van der Waals surface area (Å²) in [6, 6.07) is 2.48. The van der Waals surface area contributed by atoms with Gasteiger partial charge in [-0.05, 0) is 25.7 Å². The first-order chi connectivity index (χ1) is 9.63. The summed E-state index contributed by atoms with van der Waals surface area (Å²) in [7, 11) is 0. The average molecular weight is 277 g/mol. The molecule has 4 heteroatoms. The SMILES string of the molecule is Cc1nc(NC2CCCCCC2)cc(OCC(C)C)n1. The predicted molar refractivity (Wildman–Crippen MR) is 82.2 cm³/mol. The fourth-order valence-corrected chi connectivity index (χ4v) is 2.57. The monoisotopic (exact) mass is 277 g/mol. The standard InChI is InChI=1S/C16H27N3O/c1-12(2)11-20-16-10-15(17-13(3)18-16)19-14-8-6-4-5-7-9-14/h10,12,14H,4-9,11H2,1-3H3,(H,17,18,19). The van der Waals surface area contributed by atoms with Crippen LogP contribution in [0.5, 0.6) is 5.88 Å². The van der Waals surface area contributed by atoms with Crippen molar-refractivity contribution in [1.82, 2.24) is 9.97 Å². The van der Waals surface area contributed by atoms with E-state index in [2.05, 4.69) is 29.1 Å². The number of aromatic nitrogens is 2. The van der Waals surface area contributed by atoms with E-state index in [0.29, 0.717) is 24.4 Å². The van der Waals surface area contributed by atoms with Crippen molar-refractivity contribution in [3.8, 4) is 5.88 Å². The molecule has 20 heavy (non-hydrogen) atoms. The van der Waals surface area contributed by atoms with Crippen LogP contribution in [0.25, 0.3) is 0 Å². The van der Waals surface area contributed by atoms with Gasteiger partial charge in [0.1, 0.15) is 11.6 Å². The van der Waals surface area contributed by atoms with Crippen LogP contribution in [-0.2, 0) is 0 Å². The largest absolute Gasteiger partial charge is 0.477 e. The fourth-order valence-electron chi connectivity index (χ4n) is 2.57. The zero-order valence-corrected chi connectivity index (χ0v) is 13.0. The van der Waals surface area contributed by atoms with Gasteiger partial charge in [-0.15, -0.1) is 0 Å². The lowest BCUT2D eigenvalue weighted by molar-refractivity contribution is 0.260. The van der Waals surface area contributed by atoms with Crippen LogP contribution in [0, 0.1) is 12.8 Å². The molecule has 0 amide bonds. The Balaban J connectivity index is 1.99. The Kier molecular flexibility index (Phi) is 5.62. The van der Waals surface area contributed by atoms with Crippen molar-refractivity contribution in [2.45, 2.75) is 65.3 Å². The molecule has 0 spiro atoms. The smallest absolute Gasteiger partial charge is 0.218 e. The molecular weight excluding hydrogens is 250 g/mol. The highest BCUT2D eigenvalue weighted by Gasteiger charge is 2.13. The third-order valence-electron chi connectivity index (χ3n) is 3.59. The normalized spacial score (nSPS) is 17.0. The molecule has 0 aliphatic heterocycles. The maximum Gasteiger partial charge on any atom is 0.218 e. The van der Waals surface area contributed by atoms with Gasteiger partial charge in [0, 0.05) is 12.1 Å². The number of hydrogen-bond acceptors (Lipinski definition) is 4. The van der Waals surface area contributed by atoms with Gasteiger partial charge in [-0.3, -0.25) is 0 Å². The molecule has 0 saturated heterocycles. The third kappa shape index (κ3) is 4.99. The molecule has 1 saturated carbocycles. The van der Waals surface area contributed by atoms with Crippen molar-refractivity contribution in [3.63, 3.8) is 0 Å². The van der Waals surface area contributed by atoms with Gasteiger partial charge in [-0.1, -0.05) is 39.5 Å². The van der Waals surface area contributed by atoms with Gasteiger partial charge >= 0.3 is 0 Å². The van der Waals surface area contributed by atoms with E-state index in [0.717, 1.165) is 11.6 Å². The van der Waals surface area contributed by atoms with Crippen molar-refractivity contribution in [3.05, 3.63) is 11.9 Å². The van der Waals surface area contributed by atoms with Gasteiger partial charge in [-0.25, -0.2) is 4.98 Å². The van der Waals surface area contributed by atoms with Gasteiger partial charge in [0.05, 0.1) is 6.61 Å². The van der Waals surface area contributed by atoms with E-state index < -0.39 is 0 Å². The van der Waals surface area contributed by atoms with Gasteiger partial charge in [-0.2, -0.15) is 4.98 Å². The van der Waals surface area contributed by atoms with Crippen molar-refractivity contribution in [2.24, 2.45) is 5.92 Å². The Hall–Kier alpha value is -1.32. The second kappa shape index (κ2) is 7.46. The molecule has 1 N–H and O–H groups in total. The van der Waals surface area contributed by atoms with E-state index in [1.165, 1.54) is 38.5 Å². The molecule has 2 rings (SSSR count). The maximum absolute atomic E-state index is 5.71. The van der Waals surface area contributed by atoms with E-state index in [9.17, 15) is 0 Å². The molecule has 1 fully saturated rings. The first kappa shape index (κ1) is 15.1. The zero-order chi connectivity index (χ0) is 14.4. The molecule has 0 bridgehead atoms. The van der Waals surface area contributed by atoms with Gasteiger partial charge < -0.3 is 10.1 Å². The van der Waals surface area contributed by atoms with Crippen molar-refractivity contribution >= 4 is 5.82 Å². The molecule has 0 aromatic carbocycles. The van der Waals surface area contributed by atoms with E-state index >= 15 is 0 Å². The second-order valence-corrected chi connectivity index (χ2v) is 6.18. The minimum absolute atomic E-state index is 0.503. The fraction of sp³-hybridized carbons (Fsp3) is 0.750. The molecule has 1 aliphatic rings. The van der Waals surface area contributed by atoms with Crippen LogP contribution in [-0.4, -0.2) is 22.6 Å². The zero-order valence-electron chi connectivity index (χ0n) is 13.0. The molecule has 0 radical (unpaired) electrons. The second-order valence-electron chi connectivity index (χ2n) is 6.18. The summed E-state index contributed by atoms with van der Waals surface area (Å²) in [5, 5.41) is 3.56. The van der Waals surface area contributed by atoms with Gasteiger partial charge in [0.15, 0.2) is 0 Å². The Morgan fingerprint density at radius 2 is 1.90 bits per heavy atom. The van der Waals surface area contributed by atoms with E-state index in [4.69, 9.17) is 4.74 Å². The Labute approximate surface area is 122 Å². The van der Waals surface area contributed by atoms with E-state index in [-0.39, 0.29) is 0 Å². The van der Waals surface area contributed by atoms with Crippen LogP contribution < -0.4 is 10.1 Å². The van der Waals surface area contributed by atoms with Crippen LogP contribution in [0.15, 0.2) is 6.07 Å². The first-order valence-electron chi connectivity index (χ1n) is 7.88. The highest BCUT2D eigenvalue weighted by Crippen LogP contribution is 2.22. The molecule has 4 nitrogen and oxygen atoms in total. The lowest BCUT2D eigenvalue weighted by Gasteiger charge is -2.17. The van der Waals surface area contributed by atoms with Crippen molar-refractivity contribution in [1.29, 1.82) is 0 Å². The van der Waals surface area contributed by atoms with Crippen molar-refractivity contribution in [2.75, 3.05) is 11.9 Å². The molecule has 1 heterocycles. The van der Waals surface area contributed by atoms with Crippen LogP contribution in [0.4, 0.5) is 5.82 Å². The molecule has 1 aliphatic carbocycles. The van der Waals surface area contributed by atoms with Crippen LogP contribution in [0.1, 0.15) is 58.2 Å². The Morgan fingerprint density at radius 3 is 2.55 bits per heavy atom. The van der Waals surface area contributed by atoms with E-state index in [1.807, 2.05) is 13.0 Å². The predicted octanol–water partition coefficient (Wildman–Crippen LogP) is 3.95. The number of anilines is 1. The summed E-state index contributed by atoms with van der Waals surface area (Å²) in [6.45, 7) is 6.89. The van der Waals surface area contributed by atoms with Gasteiger partial charge in [0.2, 0.25) is 5.88 Å². The molecule has 0 unspecified atom stereocenters.